The Labute approximate surface area is 131 Å². The molecule has 0 spiro atoms. The molecule has 22 heavy (non-hydrogen) atoms. The van der Waals surface area contributed by atoms with E-state index in [1.165, 1.54) is 19.3 Å². The molecule has 0 aliphatic rings. The lowest BCUT2D eigenvalue weighted by molar-refractivity contribution is -0.141. The second kappa shape index (κ2) is 6.35. The maximum absolute atomic E-state index is 12.6. The molecular formula is C14H10BrF3N2O2. The molecule has 4 nitrogen and oxygen atoms in total. The predicted octanol–water partition coefficient (Wildman–Crippen LogP) is 3.73. The topological polar surface area (TPSA) is 55.0 Å². The predicted molar refractivity (Wildman–Crippen MR) is 79.5 cm³/mol. The number of rotatable bonds is 3. The van der Waals surface area contributed by atoms with Gasteiger partial charge in [0.15, 0.2) is 0 Å². The summed E-state index contributed by atoms with van der Waals surface area (Å²) < 4.78 is 43.8. The van der Waals surface area contributed by atoms with Gasteiger partial charge in [0.2, 0.25) is 0 Å². The number of nitrogens with one attached hydrogen (secondary N) is 1. The minimum absolute atomic E-state index is 0.0990. The molecule has 0 saturated heterocycles. The van der Waals surface area contributed by atoms with Crippen LogP contribution in [0.4, 0.5) is 13.2 Å². The highest BCUT2D eigenvalue weighted by atomic mass is 79.9. The first kappa shape index (κ1) is 16.3. The summed E-state index contributed by atoms with van der Waals surface area (Å²) in [5.41, 5.74) is -1.67. The molecule has 1 aromatic heterocycles. The van der Waals surface area contributed by atoms with Gasteiger partial charge < -0.3 is 9.72 Å². The minimum atomic E-state index is -4.64. The minimum Gasteiger partial charge on any atom is -0.496 e. The van der Waals surface area contributed by atoms with E-state index >= 15 is 0 Å². The van der Waals surface area contributed by atoms with E-state index in [0.717, 1.165) is 10.5 Å². The molecular weight excluding hydrogens is 365 g/mol. The van der Waals surface area contributed by atoms with Crippen molar-refractivity contribution in [3.63, 3.8) is 0 Å². The van der Waals surface area contributed by atoms with Gasteiger partial charge in [0, 0.05) is 10.0 Å². The van der Waals surface area contributed by atoms with Crippen LogP contribution in [-0.2, 0) is 6.18 Å². The van der Waals surface area contributed by atoms with E-state index < -0.39 is 17.6 Å². The third-order valence-corrected chi connectivity index (χ3v) is 3.19. The highest BCUT2D eigenvalue weighted by molar-refractivity contribution is 9.10. The van der Waals surface area contributed by atoms with Crippen LogP contribution >= 0.6 is 15.9 Å². The molecule has 0 unspecified atom stereocenters. The van der Waals surface area contributed by atoms with Crippen molar-refractivity contribution in [3.8, 4) is 5.75 Å². The molecule has 0 saturated carbocycles. The van der Waals surface area contributed by atoms with E-state index in [1.54, 1.807) is 23.2 Å². The van der Waals surface area contributed by atoms with Crippen LogP contribution in [0.3, 0.4) is 0 Å². The Morgan fingerprint density at radius 1 is 1.27 bits per heavy atom. The Morgan fingerprint density at radius 2 is 2.00 bits per heavy atom. The van der Waals surface area contributed by atoms with Crippen molar-refractivity contribution in [3.05, 3.63) is 56.2 Å². The van der Waals surface area contributed by atoms with Crippen LogP contribution in [0.2, 0.25) is 0 Å². The number of aromatic nitrogens is 2. The van der Waals surface area contributed by atoms with E-state index in [2.05, 4.69) is 20.9 Å². The average molecular weight is 375 g/mol. The van der Waals surface area contributed by atoms with Crippen molar-refractivity contribution in [2.75, 3.05) is 7.11 Å². The maximum Gasteiger partial charge on any atom is 0.431 e. The maximum atomic E-state index is 12.6. The van der Waals surface area contributed by atoms with E-state index in [0.29, 0.717) is 11.3 Å². The highest BCUT2D eigenvalue weighted by Crippen LogP contribution is 2.28. The van der Waals surface area contributed by atoms with Gasteiger partial charge in [-0.25, -0.2) is 4.79 Å². The van der Waals surface area contributed by atoms with Gasteiger partial charge >= 0.3 is 11.9 Å². The number of halogens is 4. The molecule has 0 aliphatic carbocycles. The molecule has 0 amide bonds. The summed E-state index contributed by atoms with van der Waals surface area (Å²) in [7, 11) is 1.48. The summed E-state index contributed by atoms with van der Waals surface area (Å²) in [6.07, 6.45) is -1.81. The third kappa shape index (κ3) is 3.97. The molecule has 1 aromatic carbocycles. The second-order valence-electron chi connectivity index (χ2n) is 4.24. The SMILES string of the molecule is COc1ccc(Br)cc1/C=C/c1cc(C(F)(F)F)[nH]c(=O)n1. The molecule has 2 rings (SSSR count). The first-order valence-corrected chi connectivity index (χ1v) is 6.79. The number of ether oxygens (including phenoxy) is 1. The zero-order valence-corrected chi connectivity index (χ0v) is 12.8. The first-order chi connectivity index (χ1) is 10.3. The quantitative estimate of drug-likeness (QED) is 0.890. The van der Waals surface area contributed by atoms with Gasteiger partial charge in [-0.3, -0.25) is 0 Å². The molecule has 0 atom stereocenters. The average Bonchev–Trinajstić information content (AvgIpc) is 2.44. The van der Waals surface area contributed by atoms with Gasteiger partial charge in [-0.2, -0.15) is 18.2 Å². The smallest absolute Gasteiger partial charge is 0.431 e. The molecule has 0 radical (unpaired) electrons. The second-order valence-corrected chi connectivity index (χ2v) is 5.16. The van der Waals surface area contributed by atoms with Crippen LogP contribution in [0.1, 0.15) is 17.0 Å². The first-order valence-electron chi connectivity index (χ1n) is 6.00. The van der Waals surface area contributed by atoms with Crippen LogP contribution in [0.25, 0.3) is 12.2 Å². The fourth-order valence-electron chi connectivity index (χ4n) is 1.73. The molecule has 0 aliphatic heterocycles. The highest BCUT2D eigenvalue weighted by Gasteiger charge is 2.32. The Bertz CT molecular complexity index is 769. The van der Waals surface area contributed by atoms with Crippen LogP contribution in [0, 0.1) is 0 Å². The van der Waals surface area contributed by atoms with E-state index in [1.807, 2.05) is 0 Å². The molecule has 1 N–H and O–H groups in total. The van der Waals surface area contributed by atoms with E-state index in [-0.39, 0.29) is 5.69 Å². The number of benzene rings is 1. The lowest BCUT2D eigenvalue weighted by Crippen LogP contribution is -2.19. The van der Waals surface area contributed by atoms with Gasteiger partial charge in [0.25, 0.3) is 0 Å². The Hall–Kier alpha value is -2.09. The number of H-pyrrole nitrogens is 1. The summed E-state index contributed by atoms with van der Waals surface area (Å²) in [6, 6.07) is 5.97. The normalized spacial score (nSPS) is 11.9. The van der Waals surface area contributed by atoms with E-state index in [4.69, 9.17) is 4.74 Å². The molecule has 116 valence electrons. The Balaban J connectivity index is 2.41. The number of hydrogen-bond acceptors (Lipinski definition) is 3. The van der Waals surface area contributed by atoms with Crippen LogP contribution in [0.15, 0.2) is 33.5 Å². The zero-order valence-electron chi connectivity index (χ0n) is 11.2. The number of alkyl halides is 3. The molecule has 1 heterocycles. The largest absolute Gasteiger partial charge is 0.496 e. The molecule has 8 heteroatoms. The van der Waals surface area contributed by atoms with Crippen molar-refractivity contribution in [2.24, 2.45) is 0 Å². The van der Waals surface area contributed by atoms with Gasteiger partial charge in [-0.15, -0.1) is 0 Å². The van der Waals surface area contributed by atoms with Gasteiger partial charge in [0.05, 0.1) is 12.8 Å². The summed E-state index contributed by atoms with van der Waals surface area (Å²) in [6.45, 7) is 0. The monoisotopic (exact) mass is 374 g/mol. The standard InChI is InChI=1S/C14H10BrF3N2O2/c1-22-11-5-3-9(15)6-8(11)2-4-10-7-12(14(16,17)18)20-13(21)19-10/h2-7H,1H3,(H,19,20,21)/b4-2+. The lowest BCUT2D eigenvalue weighted by atomic mass is 10.1. The van der Waals surface area contributed by atoms with Gasteiger partial charge in [-0.05, 0) is 36.4 Å². The summed E-state index contributed by atoms with van der Waals surface area (Å²) in [5.74, 6) is 0.542. The number of methoxy groups -OCH3 is 1. The van der Waals surface area contributed by atoms with Crippen LogP contribution in [-0.4, -0.2) is 17.1 Å². The third-order valence-electron chi connectivity index (χ3n) is 2.70. The van der Waals surface area contributed by atoms with Crippen molar-refractivity contribution < 1.29 is 17.9 Å². The van der Waals surface area contributed by atoms with Crippen molar-refractivity contribution >= 4 is 28.1 Å². The summed E-state index contributed by atoms with van der Waals surface area (Å²) in [4.78, 5) is 16.4. The number of nitrogens with zero attached hydrogens (tertiary/aromatic N) is 1. The fraction of sp³-hybridized carbons (Fsp3) is 0.143. The van der Waals surface area contributed by atoms with Crippen molar-refractivity contribution in [1.82, 2.24) is 9.97 Å². The van der Waals surface area contributed by atoms with Crippen LogP contribution in [0.5, 0.6) is 5.75 Å². The Morgan fingerprint density at radius 3 is 2.64 bits per heavy atom. The van der Waals surface area contributed by atoms with Gasteiger partial charge in [0.1, 0.15) is 11.4 Å². The number of aromatic amines is 1. The zero-order chi connectivity index (χ0) is 16.3. The summed E-state index contributed by atoms with van der Waals surface area (Å²) in [5, 5.41) is 0. The number of hydrogen-bond donors (Lipinski definition) is 1. The molecule has 0 fully saturated rings. The fourth-order valence-corrected chi connectivity index (χ4v) is 2.10. The lowest BCUT2D eigenvalue weighted by Gasteiger charge is -2.06. The molecule has 2 aromatic rings. The van der Waals surface area contributed by atoms with Crippen molar-refractivity contribution in [1.29, 1.82) is 0 Å². The van der Waals surface area contributed by atoms with Crippen molar-refractivity contribution in [2.45, 2.75) is 6.18 Å². The summed E-state index contributed by atoms with van der Waals surface area (Å²) >= 11 is 3.29. The van der Waals surface area contributed by atoms with Crippen LogP contribution < -0.4 is 10.4 Å². The molecule has 0 bridgehead atoms. The van der Waals surface area contributed by atoms with E-state index in [9.17, 15) is 18.0 Å². The van der Waals surface area contributed by atoms with Gasteiger partial charge in [-0.1, -0.05) is 15.9 Å². The Kier molecular flexibility index (Phi) is 4.70.